The van der Waals surface area contributed by atoms with E-state index < -0.39 is 5.97 Å². The number of benzene rings is 2. The third-order valence-corrected chi connectivity index (χ3v) is 4.33. The number of hydrogen-bond donors (Lipinski definition) is 2. The number of para-hydroxylation sites is 1. The molecule has 0 aliphatic carbocycles. The van der Waals surface area contributed by atoms with E-state index in [4.69, 9.17) is 28.3 Å². The number of carboxylic acids is 1. The number of carboxylic acid groups (broad SMARTS) is 1. The van der Waals surface area contributed by atoms with Crippen LogP contribution in [0.5, 0.6) is 0 Å². The van der Waals surface area contributed by atoms with Crippen molar-refractivity contribution in [2.24, 2.45) is 5.10 Å². The maximum atomic E-state index is 10.8. The fourth-order valence-corrected chi connectivity index (χ4v) is 2.83. The first-order valence-electron chi connectivity index (χ1n) is 7.60. The van der Waals surface area contributed by atoms with Crippen LogP contribution in [-0.4, -0.2) is 27.1 Å². The van der Waals surface area contributed by atoms with Crippen molar-refractivity contribution in [3.05, 3.63) is 75.5 Å². The lowest BCUT2D eigenvalue weighted by atomic mass is 10.2. The Morgan fingerprint density at radius 1 is 1.19 bits per heavy atom. The molecule has 0 atom stereocenters. The number of aryl methyl sites for hydroxylation is 1. The van der Waals surface area contributed by atoms with E-state index in [1.54, 1.807) is 29.1 Å². The SMILES string of the molecule is Cc1nn(-c2ccccc2Cl)c(Cl)c1/C=N\Nc1ccc(C(=O)O)cc1. The van der Waals surface area contributed by atoms with Gasteiger partial charge < -0.3 is 5.11 Å². The van der Waals surface area contributed by atoms with Crippen molar-refractivity contribution >= 4 is 41.1 Å². The second-order valence-corrected chi connectivity index (χ2v) is 6.17. The number of hydrogen-bond acceptors (Lipinski definition) is 4. The van der Waals surface area contributed by atoms with Gasteiger partial charge in [0.25, 0.3) is 0 Å². The molecule has 2 N–H and O–H groups in total. The highest BCUT2D eigenvalue weighted by Crippen LogP contribution is 2.26. The van der Waals surface area contributed by atoms with Crippen molar-refractivity contribution in [1.29, 1.82) is 0 Å². The fraction of sp³-hybridized carbons (Fsp3) is 0.0556. The molecule has 2 aromatic carbocycles. The molecule has 6 nitrogen and oxygen atoms in total. The van der Waals surface area contributed by atoms with Crippen molar-refractivity contribution in [3.8, 4) is 5.69 Å². The van der Waals surface area contributed by atoms with Crippen molar-refractivity contribution < 1.29 is 9.90 Å². The molecule has 0 spiro atoms. The van der Waals surface area contributed by atoms with Gasteiger partial charge in [0.1, 0.15) is 5.15 Å². The van der Waals surface area contributed by atoms with Crippen LogP contribution in [0, 0.1) is 6.92 Å². The number of anilines is 1. The molecule has 0 aliphatic rings. The van der Waals surface area contributed by atoms with Crippen LogP contribution >= 0.6 is 23.2 Å². The van der Waals surface area contributed by atoms with Crippen LogP contribution in [0.3, 0.4) is 0 Å². The van der Waals surface area contributed by atoms with Gasteiger partial charge in [0.15, 0.2) is 0 Å². The minimum absolute atomic E-state index is 0.208. The fourth-order valence-electron chi connectivity index (χ4n) is 2.30. The van der Waals surface area contributed by atoms with Gasteiger partial charge in [0.2, 0.25) is 0 Å². The van der Waals surface area contributed by atoms with E-state index in [0.717, 1.165) is 0 Å². The van der Waals surface area contributed by atoms with E-state index in [-0.39, 0.29) is 5.56 Å². The highest BCUT2D eigenvalue weighted by Gasteiger charge is 2.14. The lowest BCUT2D eigenvalue weighted by Crippen LogP contribution is -1.98. The zero-order valence-electron chi connectivity index (χ0n) is 13.6. The van der Waals surface area contributed by atoms with Crippen molar-refractivity contribution in [3.63, 3.8) is 0 Å². The van der Waals surface area contributed by atoms with Gasteiger partial charge in [-0.05, 0) is 43.3 Å². The average molecular weight is 389 g/mol. The Kier molecular flexibility index (Phi) is 5.25. The number of rotatable bonds is 5. The van der Waals surface area contributed by atoms with Crippen LogP contribution in [0.4, 0.5) is 5.69 Å². The molecule has 0 bridgehead atoms. The number of aromatic carboxylic acids is 1. The van der Waals surface area contributed by atoms with Gasteiger partial charge in [-0.3, -0.25) is 5.43 Å². The molecule has 1 aromatic heterocycles. The number of halogens is 2. The third-order valence-electron chi connectivity index (χ3n) is 3.65. The largest absolute Gasteiger partial charge is 0.478 e. The highest BCUT2D eigenvalue weighted by molar-refractivity contribution is 6.34. The van der Waals surface area contributed by atoms with Gasteiger partial charge in [0.05, 0.1) is 39.4 Å². The summed E-state index contributed by atoms with van der Waals surface area (Å²) >= 11 is 12.6. The van der Waals surface area contributed by atoms with Crippen LogP contribution in [0.15, 0.2) is 53.6 Å². The lowest BCUT2D eigenvalue weighted by Gasteiger charge is -2.05. The van der Waals surface area contributed by atoms with Gasteiger partial charge >= 0.3 is 5.97 Å². The quantitative estimate of drug-likeness (QED) is 0.493. The predicted molar refractivity (Wildman–Crippen MR) is 103 cm³/mol. The van der Waals surface area contributed by atoms with Gasteiger partial charge in [0, 0.05) is 0 Å². The van der Waals surface area contributed by atoms with Crippen LogP contribution in [-0.2, 0) is 0 Å². The summed E-state index contributed by atoms with van der Waals surface area (Å²) in [6, 6.07) is 13.5. The molecule has 3 aromatic rings. The predicted octanol–water partition coefficient (Wildman–Crippen LogP) is 4.63. The number of hydrazone groups is 1. The topological polar surface area (TPSA) is 79.5 Å². The van der Waals surface area contributed by atoms with Crippen molar-refractivity contribution in [2.75, 3.05) is 5.43 Å². The molecule has 132 valence electrons. The Bertz CT molecular complexity index is 981. The Morgan fingerprint density at radius 3 is 2.54 bits per heavy atom. The Balaban J connectivity index is 1.81. The zero-order chi connectivity index (χ0) is 18.7. The molecule has 0 aliphatic heterocycles. The average Bonchev–Trinajstić information content (AvgIpc) is 2.90. The molecular weight excluding hydrogens is 375 g/mol. The smallest absolute Gasteiger partial charge is 0.335 e. The third kappa shape index (κ3) is 3.71. The Morgan fingerprint density at radius 2 is 1.88 bits per heavy atom. The molecule has 26 heavy (non-hydrogen) atoms. The van der Waals surface area contributed by atoms with Crippen LogP contribution in [0.2, 0.25) is 10.2 Å². The summed E-state index contributed by atoms with van der Waals surface area (Å²) in [4.78, 5) is 10.8. The molecule has 0 fully saturated rings. The highest BCUT2D eigenvalue weighted by atomic mass is 35.5. The number of aromatic nitrogens is 2. The number of nitrogens with zero attached hydrogens (tertiary/aromatic N) is 3. The zero-order valence-corrected chi connectivity index (χ0v) is 15.2. The van der Waals surface area contributed by atoms with E-state index in [9.17, 15) is 4.79 Å². The van der Waals surface area contributed by atoms with Crippen molar-refractivity contribution in [1.82, 2.24) is 9.78 Å². The molecule has 8 heteroatoms. The summed E-state index contributed by atoms with van der Waals surface area (Å²) in [6.45, 7) is 1.82. The van der Waals surface area contributed by atoms with Crippen LogP contribution in [0.1, 0.15) is 21.6 Å². The van der Waals surface area contributed by atoms with E-state index >= 15 is 0 Å². The second-order valence-electron chi connectivity index (χ2n) is 5.41. The second kappa shape index (κ2) is 7.59. The normalized spacial score (nSPS) is 11.0. The summed E-state index contributed by atoms with van der Waals surface area (Å²) in [5, 5.41) is 18.4. The summed E-state index contributed by atoms with van der Waals surface area (Å²) in [6.07, 6.45) is 1.56. The van der Waals surface area contributed by atoms with E-state index in [0.29, 0.717) is 32.8 Å². The molecule has 0 amide bonds. The lowest BCUT2D eigenvalue weighted by molar-refractivity contribution is 0.0697. The summed E-state index contributed by atoms with van der Waals surface area (Å²) in [5.41, 5.74) is 5.72. The molecular formula is C18H14Cl2N4O2. The Labute approximate surface area is 159 Å². The van der Waals surface area contributed by atoms with Crippen molar-refractivity contribution in [2.45, 2.75) is 6.92 Å². The van der Waals surface area contributed by atoms with Crippen LogP contribution < -0.4 is 5.43 Å². The summed E-state index contributed by atoms with van der Waals surface area (Å²) in [7, 11) is 0. The van der Waals surface area contributed by atoms with E-state index in [2.05, 4.69) is 15.6 Å². The first-order valence-corrected chi connectivity index (χ1v) is 8.35. The van der Waals surface area contributed by atoms with E-state index in [1.807, 2.05) is 25.1 Å². The number of nitrogens with one attached hydrogen (secondary N) is 1. The van der Waals surface area contributed by atoms with E-state index in [1.165, 1.54) is 12.1 Å². The molecule has 3 rings (SSSR count). The Hall–Kier alpha value is -2.83. The van der Waals surface area contributed by atoms with Gasteiger partial charge in [-0.2, -0.15) is 10.2 Å². The first kappa shape index (κ1) is 18.0. The maximum absolute atomic E-state index is 10.8. The summed E-state index contributed by atoms with van der Waals surface area (Å²) in [5.74, 6) is -0.977. The minimum atomic E-state index is -0.977. The van der Waals surface area contributed by atoms with Crippen LogP contribution in [0.25, 0.3) is 5.69 Å². The first-order chi connectivity index (χ1) is 12.5. The monoisotopic (exact) mass is 388 g/mol. The molecule has 0 unspecified atom stereocenters. The molecule has 0 saturated carbocycles. The van der Waals surface area contributed by atoms with Gasteiger partial charge in [-0.25, -0.2) is 9.48 Å². The standard InChI is InChI=1S/C18H14Cl2N4O2/c1-11-14(10-21-22-13-8-6-12(7-9-13)18(25)26)17(20)24(23-11)16-5-3-2-4-15(16)19/h2-10,22H,1H3,(H,25,26)/b21-10-. The van der Waals surface area contributed by atoms with Gasteiger partial charge in [-0.1, -0.05) is 35.3 Å². The molecule has 0 saturated heterocycles. The number of carbonyl (C=O) groups is 1. The minimum Gasteiger partial charge on any atom is -0.478 e. The maximum Gasteiger partial charge on any atom is 0.335 e. The molecule has 0 radical (unpaired) electrons. The summed E-state index contributed by atoms with van der Waals surface area (Å²) < 4.78 is 1.56. The molecule has 1 heterocycles. The van der Waals surface area contributed by atoms with Gasteiger partial charge in [-0.15, -0.1) is 0 Å².